The minimum atomic E-state index is 0.132. The number of anilines is 2. The summed E-state index contributed by atoms with van der Waals surface area (Å²) in [5.41, 5.74) is 11.0. The van der Waals surface area contributed by atoms with Gasteiger partial charge in [-0.15, -0.1) is 5.10 Å². The van der Waals surface area contributed by atoms with Crippen molar-refractivity contribution in [1.82, 2.24) is 30.2 Å². The number of rotatable bonds is 2. The van der Waals surface area contributed by atoms with Crippen molar-refractivity contribution < 1.29 is 0 Å². The summed E-state index contributed by atoms with van der Waals surface area (Å²) < 4.78 is 1.53. The number of hydrogen-bond acceptors (Lipinski definition) is 8. The van der Waals surface area contributed by atoms with E-state index in [1.54, 1.807) is 13.1 Å². The molecule has 0 aromatic carbocycles. The highest BCUT2D eigenvalue weighted by Crippen LogP contribution is 2.24. The molecule has 0 unspecified atom stereocenters. The second kappa shape index (κ2) is 3.69. The van der Waals surface area contributed by atoms with Gasteiger partial charge < -0.3 is 11.5 Å². The fraction of sp³-hybridized carbons (Fsp3) is 0.167. The lowest BCUT2D eigenvalue weighted by Crippen LogP contribution is -2.00. The number of hydrogen-bond donors (Lipinski definition) is 2. The van der Waals surface area contributed by atoms with E-state index in [1.807, 2.05) is 0 Å². The van der Waals surface area contributed by atoms with Crippen molar-refractivity contribution in [2.24, 2.45) is 7.05 Å². The van der Waals surface area contributed by atoms with E-state index in [0.717, 1.165) is 0 Å². The number of tetrazole rings is 1. The number of nitrogens with zero attached hydrogens (tertiary/aromatic N) is 6. The third-order valence-corrected chi connectivity index (χ3v) is 2.46. The first-order valence-electron chi connectivity index (χ1n) is 3.95. The first-order chi connectivity index (χ1) is 7.15. The lowest BCUT2D eigenvalue weighted by molar-refractivity contribution is 0.664. The molecule has 0 spiro atoms. The molecule has 0 fully saturated rings. The van der Waals surface area contributed by atoms with Crippen molar-refractivity contribution >= 4 is 23.5 Å². The van der Waals surface area contributed by atoms with Crippen LogP contribution in [0.2, 0.25) is 0 Å². The lowest BCUT2D eigenvalue weighted by Gasteiger charge is -2.00. The van der Waals surface area contributed by atoms with Crippen LogP contribution in [0.5, 0.6) is 0 Å². The van der Waals surface area contributed by atoms with Gasteiger partial charge >= 0.3 is 0 Å². The third-order valence-electron chi connectivity index (χ3n) is 1.52. The van der Waals surface area contributed by atoms with Crippen LogP contribution in [-0.2, 0) is 7.05 Å². The van der Waals surface area contributed by atoms with E-state index < -0.39 is 0 Å². The zero-order valence-electron chi connectivity index (χ0n) is 7.82. The number of aryl methyl sites for hydroxylation is 1. The first kappa shape index (κ1) is 9.65. The maximum Gasteiger partial charge on any atom is 0.223 e. The van der Waals surface area contributed by atoms with E-state index in [4.69, 9.17) is 11.5 Å². The van der Waals surface area contributed by atoms with Gasteiger partial charge in [0.15, 0.2) is 0 Å². The van der Waals surface area contributed by atoms with Gasteiger partial charge in [0.05, 0.1) is 0 Å². The molecule has 2 aromatic rings. The monoisotopic (exact) mass is 224 g/mol. The Hall–Kier alpha value is -1.90. The lowest BCUT2D eigenvalue weighted by atomic mass is 10.6. The van der Waals surface area contributed by atoms with Crippen molar-refractivity contribution in [3.63, 3.8) is 0 Å². The van der Waals surface area contributed by atoms with E-state index in [9.17, 15) is 0 Å². The van der Waals surface area contributed by atoms with Gasteiger partial charge in [0.1, 0.15) is 10.8 Å². The fourth-order valence-corrected chi connectivity index (χ4v) is 1.67. The molecule has 4 N–H and O–H groups in total. The quantitative estimate of drug-likeness (QED) is 0.643. The summed E-state index contributed by atoms with van der Waals surface area (Å²) >= 11 is 1.26. The smallest absolute Gasteiger partial charge is 0.223 e. The summed E-state index contributed by atoms with van der Waals surface area (Å²) in [6, 6.07) is 1.61. The Labute approximate surface area is 89.1 Å². The minimum absolute atomic E-state index is 0.132. The maximum absolute atomic E-state index is 5.52. The molecule has 0 bridgehead atoms. The minimum Gasteiger partial charge on any atom is -0.383 e. The van der Waals surface area contributed by atoms with Gasteiger partial charge in [0, 0.05) is 13.1 Å². The molecule has 78 valence electrons. The zero-order chi connectivity index (χ0) is 10.8. The standard InChI is InChI=1S/C6H8N8S/c1-14-6(11-12-13-14)15-4-2-3(7)9-5(8)10-4/h2H,1H3,(H4,7,8,9,10). The van der Waals surface area contributed by atoms with E-state index in [1.165, 1.54) is 16.4 Å². The first-order valence-corrected chi connectivity index (χ1v) is 4.77. The molecule has 0 radical (unpaired) electrons. The molecule has 0 saturated carbocycles. The Bertz CT molecular complexity index is 459. The van der Waals surface area contributed by atoms with E-state index >= 15 is 0 Å². The van der Waals surface area contributed by atoms with Gasteiger partial charge in [-0.1, -0.05) is 0 Å². The second-order valence-electron chi connectivity index (χ2n) is 2.68. The van der Waals surface area contributed by atoms with Crippen LogP contribution in [0.25, 0.3) is 0 Å². The summed E-state index contributed by atoms with van der Waals surface area (Å²) in [7, 11) is 1.73. The third kappa shape index (κ3) is 2.13. The van der Waals surface area contributed by atoms with Crippen molar-refractivity contribution in [2.45, 2.75) is 10.2 Å². The summed E-state index contributed by atoms with van der Waals surface area (Å²) in [6.07, 6.45) is 0. The molecule has 0 aliphatic carbocycles. The molecule has 2 heterocycles. The van der Waals surface area contributed by atoms with E-state index in [-0.39, 0.29) is 5.95 Å². The average molecular weight is 224 g/mol. The molecule has 0 aliphatic heterocycles. The highest BCUT2D eigenvalue weighted by Gasteiger charge is 2.07. The molecule has 0 amide bonds. The summed E-state index contributed by atoms with van der Waals surface area (Å²) in [5, 5.41) is 12.2. The Morgan fingerprint density at radius 1 is 1.33 bits per heavy atom. The molecule has 2 aromatic heterocycles. The number of nitrogens with two attached hydrogens (primary N) is 2. The summed E-state index contributed by atoms with van der Waals surface area (Å²) in [6.45, 7) is 0. The molecule has 2 rings (SSSR count). The Morgan fingerprint density at radius 3 is 2.73 bits per heavy atom. The van der Waals surface area contributed by atoms with Crippen LogP contribution in [-0.4, -0.2) is 30.2 Å². The Morgan fingerprint density at radius 2 is 2.13 bits per heavy atom. The van der Waals surface area contributed by atoms with Gasteiger partial charge in [-0.25, -0.2) is 9.67 Å². The van der Waals surface area contributed by atoms with E-state index in [2.05, 4.69) is 25.5 Å². The van der Waals surface area contributed by atoms with Crippen LogP contribution in [0.3, 0.4) is 0 Å². The molecule has 8 nitrogen and oxygen atoms in total. The molecular weight excluding hydrogens is 216 g/mol. The van der Waals surface area contributed by atoms with Crippen LogP contribution >= 0.6 is 11.8 Å². The van der Waals surface area contributed by atoms with Crippen LogP contribution < -0.4 is 11.5 Å². The van der Waals surface area contributed by atoms with Crippen LogP contribution in [0.1, 0.15) is 0 Å². The van der Waals surface area contributed by atoms with Crippen molar-refractivity contribution in [3.8, 4) is 0 Å². The maximum atomic E-state index is 5.52. The molecule has 0 saturated heterocycles. The second-order valence-corrected chi connectivity index (χ2v) is 3.66. The largest absolute Gasteiger partial charge is 0.383 e. The number of nitrogen functional groups attached to an aromatic ring is 2. The van der Waals surface area contributed by atoms with Gasteiger partial charge in [0.25, 0.3) is 0 Å². The Kier molecular flexibility index (Phi) is 2.37. The van der Waals surface area contributed by atoms with Gasteiger partial charge in [-0.05, 0) is 22.2 Å². The highest BCUT2D eigenvalue weighted by atomic mass is 32.2. The fourth-order valence-electron chi connectivity index (χ4n) is 0.915. The van der Waals surface area contributed by atoms with Crippen molar-refractivity contribution in [1.29, 1.82) is 0 Å². The normalized spacial score (nSPS) is 10.5. The highest BCUT2D eigenvalue weighted by molar-refractivity contribution is 7.99. The SMILES string of the molecule is Cn1nnnc1Sc1cc(N)nc(N)n1. The predicted molar refractivity (Wildman–Crippen MR) is 53.8 cm³/mol. The zero-order valence-corrected chi connectivity index (χ0v) is 8.64. The van der Waals surface area contributed by atoms with E-state index in [0.29, 0.717) is 16.0 Å². The topological polar surface area (TPSA) is 121 Å². The van der Waals surface area contributed by atoms with Crippen LogP contribution in [0, 0.1) is 0 Å². The van der Waals surface area contributed by atoms with Crippen molar-refractivity contribution in [3.05, 3.63) is 6.07 Å². The summed E-state index contributed by atoms with van der Waals surface area (Å²) in [5.74, 6) is 0.452. The molecule has 9 heteroatoms. The van der Waals surface area contributed by atoms with Crippen LogP contribution in [0.15, 0.2) is 16.2 Å². The van der Waals surface area contributed by atoms with Gasteiger partial charge in [-0.2, -0.15) is 4.98 Å². The van der Waals surface area contributed by atoms with Crippen molar-refractivity contribution in [2.75, 3.05) is 11.5 Å². The molecule has 15 heavy (non-hydrogen) atoms. The average Bonchev–Trinajstić information content (AvgIpc) is 2.50. The van der Waals surface area contributed by atoms with Gasteiger partial charge in [-0.3, -0.25) is 0 Å². The predicted octanol–water partition coefficient (Wildman–Crippen LogP) is -0.684. The molecular formula is C6H8N8S. The molecule has 0 atom stereocenters. The number of aromatic nitrogens is 6. The van der Waals surface area contributed by atoms with Gasteiger partial charge in [0.2, 0.25) is 11.1 Å². The molecule has 0 aliphatic rings. The Balaban J connectivity index is 2.28. The van der Waals surface area contributed by atoms with Crippen LogP contribution in [0.4, 0.5) is 11.8 Å². The summed E-state index contributed by atoms with van der Waals surface area (Å²) in [4.78, 5) is 7.75.